The van der Waals surface area contributed by atoms with Gasteiger partial charge in [0.2, 0.25) is 5.69 Å². The van der Waals surface area contributed by atoms with E-state index in [1.165, 1.54) is 18.2 Å². The van der Waals surface area contributed by atoms with Crippen molar-refractivity contribution in [1.82, 2.24) is 16.0 Å². The predicted octanol–water partition coefficient (Wildman–Crippen LogP) is 1.69. The molecule has 2 aromatic carbocycles. The Morgan fingerprint density at radius 3 is 1.82 bits per heavy atom. The standard InChI is InChI=1S/C40H53N5O17S4/c1-39(2)29-23-26(36(48)43-25-34(46)47)12-13-30(29)44(16-8-18-63(51,52)53)32(39)10-6-5-7-11-33-40(3,4)35-28(38(50)42-15-21-66(60,61)62)22-27(37(49)41-14-20-65(57,58)59)24-31(35)45(33)17-9-19-64(54,55)56/h7,10-13,22-24H,5-6,8-9,14-21,25H2,1-4H3,(H7-,41,42,43,46,47,48,49,50,51,52,53,54,55,56,57,58,59,60,61,62)/p+1/b11-7+,32-10+. The molecule has 0 radical (unpaired) electrons. The van der Waals surface area contributed by atoms with Gasteiger partial charge in [-0.2, -0.15) is 38.2 Å². The number of allylic oxidation sites excluding steroid dienone is 4. The molecule has 66 heavy (non-hydrogen) atoms. The molecule has 2 aliphatic heterocycles. The van der Waals surface area contributed by atoms with Crippen molar-refractivity contribution >= 4 is 81.2 Å². The van der Waals surface area contributed by atoms with Gasteiger partial charge in [-0.3, -0.25) is 37.4 Å². The molecule has 0 saturated carbocycles. The lowest BCUT2D eigenvalue weighted by molar-refractivity contribution is -0.437. The fraction of sp³-hybridized carbons (Fsp3) is 0.475. The Morgan fingerprint density at radius 2 is 1.24 bits per heavy atom. The molecule has 0 saturated heterocycles. The van der Waals surface area contributed by atoms with Crippen molar-refractivity contribution in [2.75, 3.05) is 60.6 Å². The summed E-state index contributed by atoms with van der Waals surface area (Å²) in [6, 6.07) is 7.42. The number of amides is 3. The molecule has 0 aliphatic carbocycles. The van der Waals surface area contributed by atoms with Crippen LogP contribution in [0.1, 0.15) is 95.6 Å². The van der Waals surface area contributed by atoms with E-state index in [-0.39, 0.29) is 48.3 Å². The molecule has 2 aromatic rings. The first-order valence-electron chi connectivity index (χ1n) is 20.3. The van der Waals surface area contributed by atoms with Gasteiger partial charge in [-0.05, 0) is 62.9 Å². The van der Waals surface area contributed by atoms with Gasteiger partial charge in [-0.15, -0.1) is 0 Å². The zero-order valence-electron chi connectivity index (χ0n) is 36.5. The van der Waals surface area contributed by atoms with Crippen molar-refractivity contribution in [3.63, 3.8) is 0 Å². The van der Waals surface area contributed by atoms with Gasteiger partial charge < -0.3 is 26.0 Å². The van der Waals surface area contributed by atoms with Crippen LogP contribution in [0.15, 0.2) is 54.3 Å². The number of carbonyl (C=O) groups excluding carboxylic acids is 3. The Balaban J connectivity index is 1.76. The van der Waals surface area contributed by atoms with Gasteiger partial charge in [0.25, 0.3) is 58.2 Å². The van der Waals surface area contributed by atoms with Crippen LogP contribution in [0.2, 0.25) is 0 Å². The molecule has 0 bridgehead atoms. The molecule has 0 spiro atoms. The smallest absolute Gasteiger partial charge is 0.322 e. The number of nitrogens with zero attached hydrogens (tertiary/aromatic N) is 2. The lowest BCUT2D eigenvalue weighted by atomic mass is 9.78. The van der Waals surface area contributed by atoms with E-state index in [2.05, 4.69) is 16.0 Å². The summed E-state index contributed by atoms with van der Waals surface area (Å²) in [6.45, 7) is 5.75. The van der Waals surface area contributed by atoms with E-state index < -0.39 is 118 Å². The minimum Gasteiger partial charge on any atom is -0.480 e. The number of nitrogens with one attached hydrogen (secondary N) is 3. The van der Waals surface area contributed by atoms with Gasteiger partial charge in [-0.1, -0.05) is 26.0 Å². The molecule has 0 aromatic heterocycles. The van der Waals surface area contributed by atoms with Crippen molar-refractivity contribution < 1.29 is 80.7 Å². The fourth-order valence-corrected chi connectivity index (χ4v) is 9.64. The molecule has 2 aliphatic rings. The van der Waals surface area contributed by atoms with Gasteiger partial charge in [0.15, 0.2) is 5.71 Å². The first-order chi connectivity index (χ1) is 30.3. The molecular formula is C40H54N5O17S4+. The molecular weight excluding hydrogens is 951 g/mol. The Hall–Kier alpha value is -5.09. The first kappa shape index (κ1) is 53.5. The summed E-state index contributed by atoms with van der Waals surface area (Å²) in [4.78, 5) is 52.9. The monoisotopic (exact) mass is 1000 g/mol. The van der Waals surface area contributed by atoms with Crippen LogP contribution >= 0.6 is 0 Å². The topological polar surface area (TPSA) is 348 Å². The minimum absolute atomic E-state index is 0.0440. The molecule has 364 valence electrons. The summed E-state index contributed by atoms with van der Waals surface area (Å²) in [6.07, 6.45) is 6.10. The second-order valence-corrected chi connectivity index (χ2v) is 22.9. The summed E-state index contributed by atoms with van der Waals surface area (Å²) in [5.41, 5.74) is 1.27. The summed E-state index contributed by atoms with van der Waals surface area (Å²) in [5, 5.41) is 16.1. The molecule has 0 atom stereocenters. The highest BCUT2D eigenvalue weighted by Crippen LogP contribution is 2.48. The Bertz CT molecular complexity index is 2820. The van der Waals surface area contributed by atoms with Crippen LogP contribution in [0.3, 0.4) is 0 Å². The third-order valence-corrected chi connectivity index (χ3v) is 13.9. The molecule has 8 N–H and O–H groups in total. The van der Waals surface area contributed by atoms with Gasteiger partial charge in [-0.25, -0.2) is 0 Å². The number of benzene rings is 2. The van der Waals surface area contributed by atoms with E-state index in [9.17, 15) is 66.5 Å². The number of carboxylic acids is 1. The number of hydrogen-bond acceptors (Lipinski definition) is 13. The van der Waals surface area contributed by atoms with E-state index in [0.29, 0.717) is 35.4 Å². The predicted molar refractivity (Wildman–Crippen MR) is 242 cm³/mol. The fourth-order valence-electron chi connectivity index (χ4n) is 7.93. The second-order valence-electron chi connectivity index (χ2n) is 16.6. The van der Waals surface area contributed by atoms with Crippen molar-refractivity contribution in [2.24, 2.45) is 0 Å². The van der Waals surface area contributed by atoms with E-state index >= 15 is 0 Å². The lowest BCUT2D eigenvalue weighted by Crippen LogP contribution is -2.34. The van der Waals surface area contributed by atoms with Crippen LogP contribution in [0.25, 0.3) is 0 Å². The maximum atomic E-state index is 13.8. The number of aliphatic carboxylic acids is 1. The van der Waals surface area contributed by atoms with Gasteiger partial charge in [0.05, 0.1) is 39.6 Å². The number of hydrogen-bond donors (Lipinski definition) is 8. The average Bonchev–Trinajstić information content (AvgIpc) is 3.51. The van der Waals surface area contributed by atoms with Crippen molar-refractivity contribution in [2.45, 2.75) is 64.2 Å². The molecule has 3 amide bonds. The van der Waals surface area contributed by atoms with Crippen LogP contribution in [-0.2, 0) is 56.1 Å². The third-order valence-electron chi connectivity index (χ3n) is 10.8. The zero-order chi connectivity index (χ0) is 49.6. The highest BCUT2D eigenvalue weighted by atomic mass is 32.2. The second kappa shape index (κ2) is 20.8. The summed E-state index contributed by atoms with van der Waals surface area (Å²) in [5.74, 6) is -6.38. The quantitative estimate of drug-likeness (QED) is 0.0446. The van der Waals surface area contributed by atoms with Crippen LogP contribution in [0.4, 0.5) is 11.4 Å². The summed E-state index contributed by atoms with van der Waals surface area (Å²) < 4.78 is 131. The molecule has 22 nitrogen and oxygen atoms in total. The maximum Gasteiger partial charge on any atom is 0.322 e. The number of carbonyl (C=O) groups is 4. The van der Waals surface area contributed by atoms with Crippen LogP contribution in [-0.4, -0.2) is 147 Å². The van der Waals surface area contributed by atoms with E-state index in [0.717, 1.165) is 5.70 Å². The molecule has 2 heterocycles. The molecule has 26 heteroatoms. The summed E-state index contributed by atoms with van der Waals surface area (Å²) in [7, 11) is -17.7. The van der Waals surface area contributed by atoms with Crippen LogP contribution in [0, 0.1) is 0 Å². The minimum atomic E-state index is -4.49. The normalized spacial score (nSPS) is 16.4. The Morgan fingerprint density at radius 1 is 0.682 bits per heavy atom. The summed E-state index contributed by atoms with van der Waals surface area (Å²) >= 11 is 0. The van der Waals surface area contributed by atoms with E-state index in [4.69, 9.17) is 9.66 Å². The SMILES string of the molecule is CC1(C)C(/C=C/CC/C=C2/N(CCCS(=O)(=O)O)c3ccc(C(=O)NCC(=O)O)cc3C2(C)C)=[N+](CCCS(=O)(=O)O)c2cc(C(=O)NCCS(=O)(=O)O)cc(C(=O)NCCS(=O)(=O)O)c21. The largest absolute Gasteiger partial charge is 0.480 e. The zero-order valence-corrected chi connectivity index (χ0v) is 39.7. The van der Waals surface area contributed by atoms with E-state index in [1.54, 1.807) is 42.7 Å². The lowest BCUT2D eigenvalue weighted by Gasteiger charge is -2.27. The van der Waals surface area contributed by atoms with Crippen LogP contribution < -0.4 is 20.9 Å². The number of fused-ring (bicyclic) bond motifs is 2. The van der Waals surface area contributed by atoms with Gasteiger partial charge >= 0.3 is 5.97 Å². The van der Waals surface area contributed by atoms with Gasteiger partial charge in [0.1, 0.15) is 13.1 Å². The van der Waals surface area contributed by atoms with E-state index in [1.807, 2.05) is 24.8 Å². The molecule has 0 unspecified atom stereocenters. The van der Waals surface area contributed by atoms with Crippen molar-refractivity contribution in [3.05, 3.63) is 82.1 Å². The number of anilines is 1. The highest BCUT2D eigenvalue weighted by molar-refractivity contribution is 7.86. The third kappa shape index (κ3) is 14.5. The van der Waals surface area contributed by atoms with Crippen molar-refractivity contribution in [3.8, 4) is 0 Å². The highest BCUT2D eigenvalue weighted by Gasteiger charge is 2.48. The Kier molecular flexibility index (Phi) is 16.9. The Labute approximate surface area is 383 Å². The molecule has 4 rings (SSSR count). The van der Waals surface area contributed by atoms with Gasteiger partial charge in [0, 0.05) is 66.1 Å². The maximum absolute atomic E-state index is 13.8. The number of unbranched alkanes of at least 4 members (excludes halogenated alkanes) is 1. The first-order valence-corrected chi connectivity index (χ1v) is 26.8. The number of carboxylic acid groups (broad SMARTS) is 1. The number of rotatable bonds is 23. The average molecular weight is 1010 g/mol. The molecule has 0 fully saturated rings. The van der Waals surface area contributed by atoms with Crippen molar-refractivity contribution in [1.29, 1.82) is 0 Å². The van der Waals surface area contributed by atoms with Crippen LogP contribution in [0.5, 0.6) is 0 Å².